The Morgan fingerprint density at radius 1 is 1.02 bits per heavy atom. The zero-order chi connectivity index (χ0) is 33.2. The second-order valence-electron chi connectivity index (χ2n) is 13.2. The molecule has 4 fully saturated rings. The van der Waals surface area contributed by atoms with Crippen LogP contribution < -0.4 is 5.32 Å². The van der Waals surface area contributed by atoms with Gasteiger partial charge in [0.15, 0.2) is 0 Å². The summed E-state index contributed by atoms with van der Waals surface area (Å²) in [6, 6.07) is 12.2. The Morgan fingerprint density at radius 2 is 1.77 bits per heavy atom. The first-order valence-corrected chi connectivity index (χ1v) is 18.1. The monoisotopic (exact) mass is 682 g/mol. The van der Waals surface area contributed by atoms with Crippen LogP contribution in [0.3, 0.4) is 0 Å². The number of hydrogen-bond acceptors (Lipinski definition) is 5. The SMILES string of the molecule is [C-]#[N+][C@@H]1CN(C(=O)[C@@H]2CC[C@@H]3C[C@@H]4C[C@@H]4C[C@H](NC(=O)c4cc5cc(C(F)(F)P(=O)(O)O)ccc5s4)C(=O)N32)C[C@H]1c1ccccc1. The second kappa shape index (κ2) is 11.8. The molecule has 10 nitrogen and oxygen atoms in total. The van der Waals surface area contributed by atoms with Crippen molar-refractivity contribution in [2.45, 2.75) is 67.9 Å². The van der Waals surface area contributed by atoms with Gasteiger partial charge >= 0.3 is 13.3 Å². The molecule has 3 amide bonds. The maximum absolute atomic E-state index is 14.3. The molecule has 4 heterocycles. The number of fused-ring (bicyclic) bond motifs is 3. The summed E-state index contributed by atoms with van der Waals surface area (Å²) >= 11 is 1.02. The summed E-state index contributed by atoms with van der Waals surface area (Å²) in [5.41, 5.74) is -4.23. The van der Waals surface area contributed by atoms with Crippen LogP contribution in [0.5, 0.6) is 0 Å². The molecule has 3 aromatic rings. The topological polar surface area (TPSA) is 132 Å². The maximum atomic E-state index is 14.3. The fourth-order valence-corrected chi connectivity index (χ4v) is 9.13. The van der Waals surface area contributed by atoms with Crippen LogP contribution in [0.4, 0.5) is 8.78 Å². The van der Waals surface area contributed by atoms with Crippen molar-refractivity contribution < 1.29 is 37.5 Å². The molecule has 3 saturated heterocycles. The lowest BCUT2D eigenvalue weighted by Crippen LogP contribution is -2.57. The molecule has 3 aliphatic heterocycles. The van der Waals surface area contributed by atoms with Crippen LogP contribution in [0, 0.1) is 18.4 Å². The molecule has 0 unspecified atom stereocenters. The molecular formula is C33H33F2N4O6PS. The minimum Gasteiger partial charge on any atom is -0.340 e. The number of likely N-dealkylation sites (tertiary alicyclic amines) is 1. The van der Waals surface area contributed by atoms with Crippen molar-refractivity contribution in [3.8, 4) is 0 Å². The standard InChI is InChI=1S/C33H33F2N4O6PS/c1-36-26-17-38(16-24(26)18-5-3-2-4-6-18)32(42)27-9-8-23-13-19-11-20(19)14-25(31(41)39(23)27)37-30(40)29-15-21-12-22(7-10-28(21)47-29)33(34,35)46(43,44)45/h2-7,10,12,15,19-20,23-27H,8-9,11,13-14,16-17H2,(H,37,40)(H2,43,44,45)/t19-,20+,23+,24-,25-,26+,27-/m0/s1. The normalized spacial score (nSPS) is 29.1. The highest BCUT2D eigenvalue weighted by molar-refractivity contribution is 7.52. The van der Waals surface area contributed by atoms with E-state index in [1.807, 2.05) is 30.3 Å². The van der Waals surface area contributed by atoms with Gasteiger partial charge in [-0.2, -0.15) is 8.78 Å². The van der Waals surface area contributed by atoms with Gasteiger partial charge in [-0.15, -0.1) is 11.3 Å². The van der Waals surface area contributed by atoms with E-state index in [0.717, 1.165) is 41.9 Å². The van der Waals surface area contributed by atoms with Gasteiger partial charge in [0.2, 0.25) is 17.9 Å². The van der Waals surface area contributed by atoms with E-state index in [2.05, 4.69) is 10.2 Å². The Morgan fingerprint density at radius 3 is 2.49 bits per heavy atom. The average Bonchev–Trinajstić information content (AvgIpc) is 3.39. The van der Waals surface area contributed by atoms with Crippen molar-refractivity contribution in [2.75, 3.05) is 13.1 Å². The van der Waals surface area contributed by atoms with Gasteiger partial charge in [-0.05, 0) is 73.1 Å². The van der Waals surface area contributed by atoms with E-state index in [4.69, 9.17) is 16.4 Å². The third-order valence-corrected chi connectivity index (χ3v) is 12.4. The van der Waals surface area contributed by atoms with Crippen molar-refractivity contribution in [1.29, 1.82) is 0 Å². The van der Waals surface area contributed by atoms with Crippen LogP contribution in [0.1, 0.15) is 58.8 Å². The van der Waals surface area contributed by atoms with Crippen LogP contribution in [-0.2, 0) is 19.8 Å². The van der Waals surface area contributed by atoms with Gasteiger partial charge in [0.25, 0.3) is 5.91 Å². The third kappa shape index (κ3) is 5.75. The molecular weight excluding hydrogens is 649 g/mol. The predicted molar refractivity (Wildman–Crippen MR) is 170 cm³/mol. The van der Waals surface area contributed by atoms with Gasteiger partial charge in [-0.25, -0.2) is 6.57 Å². The first-order chi connectivity index (χ1) is 22.4. The fraction of sp³-hybridized carbons (Fsp3) is 0.455. The van der Waals surface area contributed by atoms with Gasteiger partial charge in [0, 0.05) is 22.8 Å². The van der Waals surface area contributed by atoms with E-state index in [0.29, 0.717) is 43.0 Å². The summed E-state index contributed by atoms with van der Waals surface area (Å²) in [5.74, 6) is -0.464. The molecule has 1 aromatic heterocycles. The van der Waals surface area contributed by atoms with Crippen LogP contribution in [-0.4, -0.2) is 74.6 Å². The number of nitrogens with one attached hydrogen (secondary N) is 1. The second-order valence-corrected chi connectivity index (χ2v) is 15.9. The number of hydrogen-bond donors (Lipinski definition) is 3. The predicted octanol–water partition coefficient (Wildman–Crippen LogP) is 4.93. The highest BCUT2D eigenvalue weighted by Crippen LogP contribution is 2.59. The minimum absolute atomic E-state index is 0.113. The zero-order valence-electron chi connectivity index (χ0n) is 25.2. The van der Waals surface area contributed by atoms with E-state index < -0.39 is 36.8 Å². The molecule has 1 saturated carbocycles. The van der Waals surface area contributed by atoms with Crippen molar-refractivity contribution in [2.24, 2.45) is 11.8 Å². The first-order valence-electron chi connectivity index (χ1n) is 15.7. The first kappa shape index (κ1) is 31.9. The highest BCUT2D eigenvalue weighted by Gasteiger charge is 2.53. The van der Waals surface area contributed by atoms with E-state index in [1.165, 1.54) is 12.1 Å². The number of benzene rings is 2. The van der Waals surface area contributed by atoms with Gasteiger partial charge in [-0.3, -0.25) is 18.9 Å². The van der Waals surface area contributed by atoms with Crippen LogP contribution >= 0.6 is 18.9 Å². The van der Waals surface area contributed by atoms with Gasteiger partial charge in [0.05, 0.1) is 17.3 Å². The summed E-state index contributed by atoms with van der Waals surface area (Å²) in [7, 11) is -5.76. The number of nitrogens with zero attached hydrogens (tertiary/aromatic N) is 3. The molecule has 0 bridgehead atoms. The third-order valence-electron chi connectivity index (χ3n) is 10.3. The number of alkyl halides is 2. The molecule has 0 radical (unpaired) electrons. The van der Waals surface area contributed by atoms with Gasteiger partial charge in [-0.1, -0.05) is 36.4 Å². The van der Waals surface area contributed by atoms with E-state index in [1.54, 1.807) is 9.80 Å². The minimum atomic E-state index is -5.76. The Hall–Kier alpha value is -3.69. The molecule has 4 aliphatic rings. The van der Waals surface area contributed by atoms with E-state index in [-0.39, 0.29) is 46.0 Å². The Balaban J connectivity index is 1.10. The zero-order valence-corrected chi connectivity index (χ0v) is 26.9. The van der Waals surface area contributed by atoms with Crippen LogP contribution in [0.2, 0.25) is 0 Å². The molecule has 0 spiro atoms. The number of thiophene rings is 1. The number of halogens is 2. The summed E-state index contributed by atoms with van der Waals surface area (Å²) in [6.45, 7) is 8.45. The number of carbonyl (C=O) groups excluding carboxylic acids is 3. The van der Waals surface area contributed by atoms with E-state index >= 15 is 0 Å². The van der Waals surface area contributed by atoms with Gasteiger partial charge in [0.1, 0.15) is 12.1 Å². The lowest BCUT2D eigenvalue weighted by molar-refractivity contribution is -0.146. The smallest absolute Gasteiger partial charge is 0.340 e. The average molecular weight is 683 g/mol. The lowest BCUT2D eigenvalue weighted by Gasteiger charge is -2.36. The number of amides is 3. The maximum Gasteiger partial charge on any atom is 0.399 e. The molecule has 1 aliphatic carbocycles. The molecule has 14 heteroatoms. The highest BCUT2D eigenvalue weighted by atomic mass is 32.1. The van der Waals surface area contributed by atoms with Crippen molar-refractivity contribution in [1.82, 2.24) is 15.1 Å². The summed E-state index contributed by atoms with van der Waals surface area (Å²) < 4.78 is 40.5. The summed E-state index contributed by atoms with van der Waals surface area (Å²) in [4.78, 5) is 67.4. The molecule has 2 aromatic carbocycles. The van der Waals surface area contributed by atoms with E-state index in [9.17, 15) is 27.7 Å². The Kier molecular flexibility index (Phi) is 7.99. The van der Waals surface area contributed by atoms with Crippen molar-refractivity contribution in [3.63, 3.8) is 0 Å². The lowest BCUT2D eigenvalue weighted by atomic mass is 9.95. The quantitative estimate of drug-likeness (QED) is 0.250. The van der Waals surface area contributed by atoms with Crippen molar-refractivity contribution >= 4 is 46.7 Å². The molecule has 7 atom stereocenters. The van der Waals surface area contributed by atoms with Crippen LogP contribution in [0.15, 0.2) is 54.6 Å². The molecule has 7 rings (SSSR count). The fourth-order valence-electron chi connectivity index (χ4n) is 7.71. The number of carbonyl (C=O) groups is 3. The Labute approximate surface area is 273 Å². The Bertz CT molecular complexity index is 1840. The molecule has 246 valence electrons. The van der Waals surface area contributed by atoms with Gasteiger partial charge < -0.3 is 29.7 Å². The molecule has 47 heavy (non-hydrogen) atoms. The van der Waals surface area contributed by atoms with Crippen molar-refractivity contribution in [3.05, 3.63) is 82.0 Å². The summed E-state index contributed by atoms with van der Waals surface area (Å²) in [6.07, 6.45) is 3.39. The number of rotatable bonds is 6. The molecule has 3 N–H and O–H groups in total. The van der Waals surface area contributed by atoms with Crippen LogP contribution in [0.25, 0.3) is 14.9 Å². The summed E-state index contributed by atoms with van der Waals surface area (Å²) in [5, 5.41) is 3.09. The largest absolute Gasteiger partial charge is 0.399 e.